The zero-order chi connectivity index (χ0) is 19.8. The summed E-state index contributed by atoms with van der Waals surface area (Å²) in [6.45, 7) is 0. The van der Waals surface area contributed by atoms with E-state index in [0.29, 0.717) is 33.4 Å². The first kappa shape index (κ1) is 20.9. The Balaban J connectivity index is 0.000000465. The third kappa shape index (κ3) is 5.79. The molecule has 6 nitrogen and oxygen atoms in total. The molecule has 140 valence electrons. The number of H-pyrrole nitrogens is 1. The number of nitrogens with zero attached hydrogens (tertiary/aromatic N) is 2. The van der Waals surface area contributed by atoms with Crippen molar-refractivity contribution < 1.29 is 14.7 Å². The van der Waals surface area contributed by atoms with Gasteiger partial charge in [0.25, 0.3) is 0 Å². The summed E-state index contributed by atoms with van der Waals surface area (Å²) in [6.07, 6.45) is 0. The second-order valence-corrected chi connectivity index (χ2v) is 6.12. The molecule has 2 aromatic carbocycles. The van der Waals surface area contributed by atoms with Crippen LogP contribution in [-0.2, 0) is 10.7 Å². The van der Waals surface area contributed by atoms with Gasteiger partial charge in [0.05, 0.1) is 5.88 Å². The maximum atomic E-state index is 12.7. The SMILES string of the molecule is O=C(O)CCl.O=C(c1ccccc1)c1cc(Cl)ccc1-c1nc(CCl)n[nH]1. The average molecular weight is 427 g/mol. The summed E-state index contributed by atoms with van der Waals surface area (Å²) in [5.41, 5.74) is 1.70. The largest absolute Gasteiger partial charge is 0.480 e. The molecule has 0 fully saturated rings. The summed E-state index contributed by atoms with van der Waals surface area (Å²) >= 11 is 16.5. The summed E-state index contributed by atoms with van der Waals surface area (Å²) in [5, 5.41) is 14.9. The van der Waals surface area contributed by atoms with Gasteiger partial charge in [0, 0.05) is 21.7 Å². The Kier molecular flexibility index (Phi) is 7.79. The van der Waals surface area contributed by atoms with Gasteiger partial charge in [0.1, 0.15) is 5.88 Å². The van der Waals surface area contributed by atoms with Crippen LogP contribution in [0, 0.1) is 0 Å². The second-order valence-electron chi connectivity index (χ2n) is 5.15. The van der Waals surface area contributed by atoms with Crippen molar-refractivity contribution >= 4 is 46.6 Å². The molecule has 2 N–H and O–H groups in total. The zero-order valence-electron chi connectivity index (χ0n) is 13.8. The quantitative estimate of drug-likeness (QED) is 0.465. The molecule has 0 aliphatic carbocycles. The lowest BCUT2D eigenvalue weighted by atomic mass is 9.98. The van der Waals surface area contributed by atoms with E-state index >= 15 is 0 Å². The molecule has 0 amide bonds. The number of ketones is 1. The molecular formula is C18H14Cl3N3O3. The molecule has 3 rings (SSSR count). The van der Waals surface area contributed by atoms with E-state index in [9.17, 15) is 9.59 Å². The van der Waals surface area contributed by atoms with Crippen LogP contribution < -0.4 is 0 Å². The Morgan fingerprint density at radius 2 is 1.74 bits per heavy atom. The van der Waals surface area contributed by atoms with Crippen LogP contribution in [0.1, 0.15) is 21.7 Å². The Hall–Kier alpha value is -2.41. The van der Waals surface area contributed by atoms with Crippen LogP contribution in [0.5, 0.6) is 0 Å². The number of benzene rings is 2. The van der Waals surface area contributed by atoms with Crippen LogP contribution in [0.2, 0.25) is 5.02 Å². The fourth-order valence-electron chi connectivity index (χ4n) is 2.13. The molecule has 0 radical (unpaired) electrons. The minimum absolute atomic E-state index is 0.123. The van der Waals surface area contributed by atoms with E-state index in [2.05, 4.69) is 15.2 Å². The van der Waals surface area contributed by atoms with E-state index in [0.717, 1.165) is 0 Å². The minimum atomic E-state index is -0.980. The van der Waals surface area contributed by atoms with Gasteiger partial charge in [-0.3, -0.25) is 14.7 Å². The molecule has 9 heteroatoms. The first-order valence-corrected chi connectivity index (χ1v) is 9.05. The van der Waals surface area contributed by atoms with Gasteiger partial charge in [0.2, 0.25) is 0 Å². The molecule has 27 heavy (non-hydrogen) atoms. The number of carboxylic acid groups (broad SMARTS) is 1. The molecule has 1 aromatic heterocycles. The van der Waals surface area contributed by atoms with Crippen molar-refractivity contribution in [1.29, 1.82) is 0 Å². The van der Waals surface area contributed by atoms with Crippen molar-refractivity contribution in [2.75, 3.05) is 5.88 Å². The van der Waals surface area contributed by atoms with Crippen molar-refractivity contribution in [3.63, 3.8) is 0 Å². The van der Waals surface area contributed by atoms with E-state index in [-0.39, 0.29) is 17.5 Å². The third-order valence-electron chi connectivity index (χ3n) is 3.28. The summed E-state index contributed by atoms with van der Waals surface area (Å²) in [6, 6.07) is 14.1. The first-order chi connectivity index (χ1) is 13.0. The number of halogens is 3. The van der Waals surface area contributed by atoms with Crippen molar-refractivity contribution in [1.82, 2.24) is 15.2 Å². The van der Waals surface area contributed by atoms with Gasteiger partial charge in [0.15, 0.2) is 17.4 Å². The fourth-order valence-corrected chi connectivity index (χ4v) is 2.42. The Bertz CT molecular complexity index is 930. The molecule has 0 aliphatic heterocycles. The van der Waals surface area contributed by atoms with Crippen LogP contribution in [0.15, 0.2) is 48.5 Å². The minimum Gasteiger partial charge on any atom is -0.480 e. The lowest BCUT2D eigenvalue weighted by molar-refractivity contribution is -0.134. The molecule has 3 aromatic rings. The zero-order valence-corrected chi connectivity index (χ0v) is 16.1. The average Bonchev–Trinajstić information content (AvgIpc) is 3.17. The maximum Gasteiger partial charge on any atom is 0.318 e. The van der Waals surface area contributed by atoms with Gasteiger partial charge in [-0.05, 0) is 18.2 Å². The Morgan fingerprint density at radius 1 is 1.07 bits per heavy atom. The molecule has 1 heterocycles. The van der Waals surface area contributed by atoms with Crippen molar-refractivity contribution in [3.8, 4) is 11.4 Å². The van der Waals surface area contributed by atoms with Gasteiger partial charge < -0.3 is 5.11 Å². The highest BCUT2D eigenvalue weighted by Crippen LogP contribution is 2.26. The number of hydrogen-bond acceptors (Lipinski definition) is 4. The molecular weight excluding hydrogens is 413 g/mol. The highest BCUT2D eigenvalue weighted by Gasteiger charge is 2.17. The molecule has 0 saturated heterocycles. The smallest absolute Gasteiger partial charge is 0.318 e. The predicted molar refractivity (Wildman–Crippen MR) is 105 cm³/mol. The van der Waals surface area contributed by atoms with Gasteiger partial charge >= 0.3 is 5.97 Å². The summed E-state index contributed by atoms with van der Waals surface area (Å²) in [4.78, 5) is 26.2. The fraction of sp³-hybridized carbons (Fsp3) is 0.111. The Morgan fingerprint density at radius 3 is 2.30 bits per heavy atom. The van der Waals surface area contributed by atoms with E-state index in [1.54, 1.807) is 30.3 Å². The topological polar surface area (TPSA) is 95.9 Å². The van der Waals surface area contributed by atoms with E-state index in [1.807, 2.05) is 18.2 Å². The maximum absolute atomic E-state index is 12.7. The van der Waals surface area contributed by atoms with Crippen LogP contribution in [0.4, 0.5) is 0 Å². The predicted octanol–water partition coefficient (Wildman–Crippen LogP) is 4.40. The monoisotopic (exact) mass is 425 g/mol. The number of alkyl halides is 2. The lowest BCUT2D eigenvalue weighted by Gasteiger charge is -2.07. The van der Waals surface area contributed by atoms with Crippen LogP contribution in [-0.4, -0.2) is 37.9 Å². The molecule has 0 bridgehead atoms. The number of hydrogen-bond donors (Lipinski definition) is 2. The number of carbonyl (C=O) groups is 2. The highest BCUT2D eigenvalue weighted by molar-refractivity contribution is 6.31. The number of aromatic amines is 1. The third-order valence-corrected chi connectivity index (χ3v) is 3.99. The molecule has 0 atom stereocenters. The van der Waals surface area contributed by atoms with Crippen molar-refractivity contribution in [2.45, 2.75) is 5.88 Å². The Labute approximate surface area is 170 Å². The van der Waals surface area contributed by atoms with Gasteiger partial charge in [-0.25, -0.2) is 4.98 Å². The van der Waals surface area contributed by atoms with E-state index in [4.69, 9.17) is 39.9 Å². The number of carbonyl (C=O) groups excluding carboxylic acids is 1. The number of rotatable bonds is 5. The van der Waals surface area contributed by atoms with Crippen LogP contribution >= 0.6 is 34.8 Å². The van der Waals surface area contributed by atoms with Crippen molar-refractivity contribution in [3.05, 3.63) is 70.5 Å². The second kappa shape index (κ2) is 10.1. The summed E-state index contributed by atoms with van der Waals surface area (Å²) < 4.78 is 0. The highest BCUT2D eigenvalue weighted by atomic mass is 35.5. The molecule has 0 saturated carbocycles. The number of aliphatic carboxylic acids is 1. The van der Waals surface area contributed by atoms with Crippen molar-refractivity contribution in [2.24, 2.45) is 0 Å². The number of carboxylic acids is 1. The van der Waals surface area contributed by atoms with E-state index < -0.39 is 5.97 Å². The summed E-state index contributed by atoms with van der Waals surface area (Å²) in [7, 11) is 0. The van der Waals surface area contributed by atoms with Gasteiger partial charge in [-0.15, -0.1) is 23.2 Å². The molecule has 0 unspecified atom stereocenters. The van der Waals surface area contributed by atoms with E-state index in [1.165, 1.54) is 0 Å². The lowest BCUT2D eigenvalue weighted by Crippen LogP contribution is -2.04. The first-order valence-electron chi connectivity index (χ1n) is 7.61. The van der Waals surface area contributed by atoms with Gasteiger partial charge in [-0.1, -0.05) is 41.9 Å². The molecule has 0 aliphatic rings. The van der Waals surface area contributed by atoms with Gasteiger partial charge in [-0.2, -0.15) is 5.10 Å². The summed E-state index contributed by atoms with van der Waals surface area (Å²) in [5.74, 6) is -0.239. The number of aromatic nitrogens is 3. The standard InChI is InChI=1S/C16H11Cl2N3O.C2H3ClO2/c17-9-14-19-16(21-20-14)12-7-6-11(18)8-13(12)15(22)10-4-2-1-3-5-10;3-1-2(4)5/h1-8H,9H2,(H,19,20,21);1H2,(H,4,5). The number of nitrogens with one attached hydrogen (secondary N) is 1. The molecule has 0 spiro atoms. The normalized spacial score (nSPS) is 10.0. The van der Waals surface area contributed by atoms with Crippen LogP contribution in [0.25, 0.3) is 11.4 Å². The van der Waals surface area contributed by atoms with Crippen LogP contribution in [0.3, 0.4) is 0 Å².